The van der Waals surface area contributed by atoms with Crippen LogP contribution in [0.3, 0.4) is 0 Å². The van der Waals surface area contributed by atoms with Gasteiger partial charge in [0.1, 0.15) is 0 Å². The highest BCUT2D eigenvalue weighted by atomic mass is 29.6. The number of hydrogen-bond donors (Lipinski definition) is 3. The second-order valence-corrected chi connectivity index (χ2v) is 10.4. The highest BCUT2D eigenvalue weighted by Gasteiger charge is 2.47. The monoisotopic (exact) mass is 279 g/mol. The molecule has 87 valence electrons. The van der Waals surface area contributed by atoms with Crippen molar-refractivity contribution >= 4 is 25.0 Å². The van der Waals surface area contributed by atoms with Crippen LogP contribution in [-0.2, 0) is 42.8 Å². The molecule has 0 unspecified atom stereocenters. The molecular formula is H3O12Si3. The van der Waals surface area contributed by atoms with E-state index < -0.39 is 25.0 Å². The third-order valence-electron chi connectivity index (χ3n) is 0.744. The topological polar surface area (TPSA) is 159 Å². The van der Waals surface area contributed by atoms with E-state index in [1.54, 1.807) is 0 Å². The van der Waals surface area contributed by atoms with Crippen molar-refractivity contribution in [2.45, 2.75) is 0 Å². The second-order valence-electron chi connectivity index (χ2n) is 1.45. The van der Waals surface area contributed by atoms with Gasteiger partial charge in [0.2, 0.25) is 0 Å². The van der Waals surface area contributed by atoms with Crippen molar-refractivity contribution in [1.82, 2.24) is 0 Å². The molecule has 3 N–H and O–H groups in total. The third-order valence-corrected chi connectivity index (χ3v) is 9.07. The number of hydrogen-bond acceptors (Lipinski definition) is 12. The summed E-state index contributed by atoms with van der Waals surface area (Å²) in [6, 6.07) is 0. The van der Waals surface area contributed by atoms with Crippen molar-refractivity contribution in [2.75, 3.05) is 0 Å². The van der Waals surface area contributed by atoms with Gasteiger partial charge in [0.15, 0.2) is 0 Å². The van der Waals surface area contributed by atoms with Gasteiger partial charge >= 0.3 is 25.0 Å². The largest absolute Gasteiger partial charge is 0.556 e. The average molecular weight is 279 g/mol. The van der Waals surface area contributed by atoms with Crippen molar-refractivity contribution in [3.05, 3.63) is 0 Å². The van der Waals surface area contributed by atoms with Crippen LogP contribution in [0.5, 0.6) is 0 Å². The Morgan fingerprint density at radius 1 is 0.733 bits per heavy atom. The van der Waals surface area contributed by atoms with Gasteiger partial charge in [-0.25, -0.2) is 20.3 Å². The Kier molecular flexibility index (Phi) is 8.53. The molecule has 15 heteroatoms. The summed E-state index contributed by atoms with van der Waals surface area (Å²) in [7, 11) is -9.65. The fourth-order valence-corrected chi connectivity index (χ4v) is 5.07. The van der Waals surface area contributed by atoms with E-state index in [1.807, 2.05) is 0 Å². The van der Waals surface area contributed by atoms with Crippen LogP contribution in [-0.4, -0.2) is 40.7 Å². The van der Waals surface area contributed by atoms with Crippen LogP contribution in [0.1, 0.15) is 0 Å². The van der Waals surface area contributed by atoms with Crippen molar-refractivity contribution in [2.24, 2.45) is 0 Å². The minimum Gasteiger partial charge on any atom is -0.336 e. The maximum Gasteiger partial charge on any atom is 0.556 e. The first kappa shape index (κ1) is 14.5. The van der Waals surface area contributed by atoms with Gasteiger partial charge in [0, 0.05) is 0 Å². The molecule has 0 atom stereocenters. The third kappa shape index (κ3) is 5.85. The molecule has 0 saturated carbocycles. The lowest BCUT2D eigenvalue weighted by atomic mass is 14.4. The highest BCUT2D eigenvalue weighted by molar-refractivity contribution is 7.37. The minimum absolute atomic E-state index is 2.97. The Balaban J connectivity index is 4.28. The first-order valence-corrected chi connectivity index (χ1v) is 8.78. The van der Waals surface area contributed by atoms with E-state index in [0.29, 0.717) is 0 Å². The van der Waals surface area contributed by atoms with E-state index in [9.17, 15) is 8.92 Å². The Labute approximate surface area is 84.4 Å². The molecule has 0 saturated heterocycles. The van der Waals surface area contributed by atoms with Crippen LogP contribution < -0.4 is 0 Å². The maximum atomic E-state index is 11.0. The molecule has 0 amide bonds. The van der Waals surface area contributed by atoms with Crippen LogP contribution in [0.2, 0.25) is 0 Å². The van der Waals surface area contributed by atoms with E-state index in [4.69, 9.17) is 15.8 Å². The van der Waals surface area contributed by atoms with Crippen LogP contribution in [0.4, 0.5) is 0 Å². The molecule has 0 aliphatic heterocycles. The zero-order valence-electron chi connectivity index (χ0n) is 6.52. The van der Waals surface area contributed by atoms with Gasteiger partial charge in [0.25, 0.3) is 0 Å². The molecule has 0 bridgehead atoms. The predicted molar refractivity (Wildman–Crippen MR) is 34.1 cm³/mol. The van der Waals surface area contributed by atoms with Gasteiger partial charge in [-0.2, -0.15) is 0 Å². The molecule has 15 heavy (non-hydrogen) atoms. The Morgan fingerprint density at radius 2 is 1.20 bits per heavy atom. The van der Waals surface area contributed by atoms with Gasteiger partial charge < -0.3 is 18.1 Å². The van der Waals surface area contributed by atoms with Gasteiger partial charge in [0.05, 0.1) is 0 Å². The molecule has 0 heterocycles. The van der Waals surface area contributed by atoms with Gasteiger partial charge in [-0.15, -0.1) is 0 Å². The van der Waals surface area contributed by atoms with E-state index in [0.717, 1.165) is 0 Å². The Bertz CT molecular complexity index is 181. The molecule has 0 aromatic carbocycles. The summed E-state index contributed by atoms with van der Waals surface area (Å²) in [4.78, 5) is 0. The number of rotatable bonds is 9. The van der Waals surface area contributed by atoms with Crippen molar-refractivity contribution < 1.29 is 58.6 Å². The fourth-order valence-electron chi connectivity index (χ4n) is 0.344. The standard InChI is InChI=1S/H3O12Si3/c1-6-9-12-15(13(4)10-7-2)14(5)11-8-3/h1-3H. The summed E-state index contributed by atoms with van der Waals surface area (Å²) in [5.74, 6) is 0. The quantitative estimate of drug-likeness (QED) is 0.246. The average Bonchev–Trinajstić information content (AvgIpc) is 2.19. The summed E-state index contributed by atoms with van der Waals surface area (Å²) in [6.45, 7) is 0. The summed E-state index contributed by atoms with van der Waals surface area (Å²) in [6.07, 6.45) is 0. The van der Waals surface area contributed by atoms with Crippen LogP contribution in [0, 0.1) is 0 Å². The molecule has 12 nitrogen and oxygen atoms in total. The van der Waals surface area contributed by atoms with Crippen molar-refractivity contribution in [1.29, 1.82) is 0 Å². The molecule has 0 aliphatic rings. The first-order chi connectivity index (χ1) is 7.17. The Hall–Kier alpha value is -0.469. The lowest BCUT2D eigenvalue weighted by Crippen LogP contribution is -2.45. The van der Waals surface area contributed by atoms with Crippen molar-refractivity contribution in [3.63, 3.8) is 0 Å². The lowest BCUT2D eigenvalue weighted by Gasteiger charge is -2.03. The zero-order valence-corrected chi connectivity index (χ0v) is 9.52. The van der Waals surface area contributed by atoms with Crippen LogP contribution >= 0.6 is 0 Å². The smallest absolute Gasteiger partial charge is 0.336 e. The molecule has 0 aromatic heterocycles. The molecule has 0 aromatic rings. The van der Waals surface area contributed by atoms with E-state index in [1.165, 1.54) is 0 Å². The summed E-state index contributed by atoms with van der Waals surface area (Å²) in [5, 5.41) is 35.7. The van der Waals surface area contributed by atoms with E-state index >= 15 is 0 Å². The molecule has 1 radical (unpaired) electrons. The summed E-state index contributed by atoms with van der Waals surface area (Å²) < 4.78 is 33.3. The fraction of sp³-hybridized carbons (Fsp3) is 0. The van der Waals surface area contributed by atoms with Gasteiger partial charge in [-0.1, -0.05) is 0 Å². The normalized spacial score (nSPS) is 10.1. The summed E-state index contributed by atoms with van der Waals surface area (Å²) in [5.41, 5.74) is 0. The molecular weight excluding hydrogens is 276 g/mol. The van der Waals surface area contributed by atoms with Gasteiger partial charge in [-0.3, -0.25) is 0 Å². The maximum absolute atomic E-state index is 11.0. The molecule has 0 spiro atoms. The molecule has 0 rings (SSSR count). The SMILES string of the molecule is O=[Si](OOO)[Si](OOOO)[Si](=O)OOO. The predicted octanol–water partition coefficient (Wildman–Crippen LogP) is -1.83. The van der Waals surface area contributed by atoms with E-state index in [-0.39, 0.29) is 0 Å². The van der Waals surface area contributed by atoms with Crippen molar-refractivity contribution in [3.8, 4) is 0 Å². The van der Waals surface area contributed by atoms with Crippen LogP contribution in [0.15, 0.2) is 0 Å². The van der Waals surface area contributed by atoms with Gasteiger partial charge in [-0.05, 0) is 20.2 Å². The zero-order chi connectivity index (χ0) is 11.7. The Morgan fingerprint density at radius 3 is 1.53 bits per heavy atom. The minimum atomic E-state index is -3.31. The summed E-state index contributed by atoms with van der Waals surface area (Å²) >= 11 is 0. The molecule has 0 fully saturated rings. The lowest BCUT2D eigenvalue weighted by molar-refractivity contribution is -0.597. The molecule has 0 aliphatic carbocycles. The highest BCUT2D eigenvalue weighted by Crippen LogP contribution is 1.94. The van der Waals surface area contributed by atoms with E-state index in [2.05, 4.69) is 33.9 Å². The van der Waals surface area contributed by atoms with Crippen LogP contribution in [0.25, 0.3) is 0 Å². The second kappa shape index (κ2) is 8.81. The first-order valence-electron chi connectivity index (χ1n) is 2.74.